The van der Waals surface area contributed by atoms with Gasteiger partial charge < -0.3 is 0 Å². The molecule has 0 heterocycles. The van der Waals surface area contributed by atoms with Gasteiger partial charge in [-0.25, -0.2) is 8.78 Å². The summed E-state index contributed by atoms with van der Waals surface area (Å²) in [7, 11) is 0. The highest BCUT2D eigenvalue weighted by atomic mass is 19.2. The zero-order chi connectivity index (χ0) is 12.4. The number of allylic oxidation sites excluding steroid dienone is 9. The van der Waals surface area contributed by atoms with Gasteiger partial charge in [0, 0.05) is 0 Å². The Bertz CT molecular complexity index is 473. The van der Waals surface area contributed by atoms with E-state index in [1.165, 1.54) is 0 Å². The Kier molecular flexibility index (Phi) is 3.41. The lowest BCUT2D eigenvalue weighted by Crippen LogP contribution is -2.04. The summed E-state index contributed by atoms with van der Waals surface area (Å²) in [5.74, 6) is -1.32. The van der Waals surface area contributed by atoms with E-state index in [-0.39, 0.29) is 0 Å². The molecule has 2 heteroatoms. The Balaban J connectivity index is 2.34. The van der Waals surface area contributed by atoms with Gasteiger partial charge in [-0.3, -0.25) is 0 Å². The summed E-state index contributed by atoms with van der Waals surface area (Å²) < 4.78 is 27.3. The van der Waals surface area contributed by atoms with Crippen molar-refractivity contribution < 1.29 is 8.78 Å². The van der Waals surface area contributed by atoms with Crippen LogP contribution in [0.4, 0.5) is 8.78 Å². The van der Waals surface area contributed by atoms with Crippen molar-refractivity contribution in [2.24, 2.45) is 0 Å². The summed E-state index contributed by atoms with van der Waals surface area (Å²) >= 11 is 0. The second kappa shape index (κ2) is 4.82. The fourth-order valence-corrected chi connectivity index (χ4v) is 2.23. The maximum atomic E-state index is 13.8. The van der Waals surface area contributed by atoms with Crippen molar-refractivity contribution in [3.63, 3.8) is 0 Å². The minimum Gasteiger partial charge on any atom is -0.204 e. The first-order valence-corrected chi connectivity index (χ1v) is 5.90. The Morgan fingerprint density at radius 3 is 2.41 bits per heavy atom. The Morgan fingerprint density at radius 1 is 1.06 bits per heavy atom. The zero-order valence-corrected chi connectivity index (χ0v) is 10.0. The highest BCUT2D eigenvalue weighted by Crippen LogP contribution is 2.38. The fraction of sp³-hybridized carbons (Fsp3) is 0.333. The molecule has 0 aliphatic heterocycles. The van der Waals surface area contributed by atoms with Crippen LogP contribution in [0.1, 0.15) is 32.6 Å². The molecule has 0 N–H and O–H groups in total. The van der Waals surface area contributed by atoms with Gasteiger partial charge in [-0.15, -0.1) is 0 Å². The molecule has 0 radical (unpaired) electrons. The molecule has 0 nitrogen and oxygen atoms in total. The summed E-state index contributed by atoms with van der Waals surface area (Å²) in [5.41, 5.74) is 3.14. The van der Waals surface area contributed by atoms with Gasteiger partial charge in [-0.05, 0) is 54.9 Å². The van der Waals surface area contributed by atoms with Crippen LogP contribution in [-0.4, -0.2) is 0 Å². The first-order chi connectivity index (χ1) is 8.13. The van der Waals surface area contributed by atoms with Gasteiger partial charge in [0.15, 0.2) is 11.7 Å². The molecule has 2 aliphatic rings. The predicted octanol–water partition coefficient (Wildman–Crippen LogP) is 5.08. The van der Waals surface area contributed by atoms with Gasteiger partial charge in [0.1, 0.15) is 0 Å². The van der Waals surface area contributed by atoms with Crippen LogP contribution in [0.2, 0.25) is 0 Å². The minimum absolute atomic E-state index is 0.519. The monoisotopic (exact) mass is 234 g/mol. The van der Waals surface area contributed by atoms with Crippen molar-refractivity contribution in [3.8, 4) is 0 Å². The number of rotatable bonds is 2. The molecule has 0 atom stereocenters. The van der Waals surface area contributed by atoms with E-state index in [2.05, 4.69) is 6.58 Å². The molecule has 0 amide bonds. The van der Waals surface area contributed by atoms with E-state index in [1.54, 1.807) is 6.92 Å². The molecule has 0 fully saturated rings. The lowest BCUT2D eigenvalue weighted by atomic mass is 9.87. The lowest BCUT2D eigenvalue weighted by Gasteiger charge is -2.20. The molecular formula is C15H16F2. The molecule has 17 heavy (non-hydrogen) atoms. The van der Waals surface area contributed by atoms with E-state index in [1.807, 2.05) is 18.2 Å². The summed E-state index contributed by atoms with van der Waals surface area (Å²) in [6, 6.07) is 0. The van der Waals surface area contributed by atoms with Crippen molar-refractivity contribution in [2.45, 2.75) is 32.6 Å². The van der Waals surface area contributed by atoms with Crippen LogP contribution in [0.3, 0.4) is 0 Å². The molecule has 0 aromatic heterocycles. The normalized spacial score (nSPS) is 21.4. The molecule has 90 valence electrons. The van der Waals surface area contributed by atoms with E-state index < -0.39 is 11.7 Å². The summed E-state index contributed by atoms with van der Waals surface area (Å²) in [6.07, 6.45) is 8.49. The second-order valence-corrected chi connectivity index (χ2v) is 4.52. The highest BCUT2D eigenvalue weighted by molar-refractivity contribution is 5.47. The van der Waals surface area contributed by atoms with Crippen molar-refractivity contribution in [1.82, 2.24) is 0 Å². The minimum atomic E-state index is -0.661. The first kappa shape index (κ1) is 12.0. The fourth-order valence-electron chi connectivity index (χ4n) is 2.23. The molecule has 0 bridgehead atoms. The van der Waals surface area contributed by atoms with Crippen LogP contribution in [0.15, 0.2) is 58.8 Å². The summed E-state index contributed by atoms with van der Waals surface area (Å²) in [6.45, 7) is 5.36. The Morgan fingerprint density at radius 2 is 1.82 bits per heavy atom. The average molecular weight is 234 g/mol. The molecule has 0 spiro atoms. The third-order valence-electron chi connectivity index (χ3n) is 3.41. The lowest BCUT2D eigenvalue weighted by molar-refractivity contribution is 0.510. The summed E-state index contributed by atoms with van der Waals surface area (Å²) in [4.78, 5) is 0. The van der Waals surface area contributed by atoms with Gasteiger partial charge in [0.05, 0.1) is 0 Å². The van der Waals surface area contributed by atoms with E-state index in [9.17, 15) is 8.78 Å². The van der Waals surface area contributed by atoms with Gasteiger partial charge >= 0.3 is 0 Å². The molecule has 0 saturated heterocycles. The van der Waals surface area contributed by atoms with Gasteiger partial charge in [-0.2, -0.15) is 0 Å². The van der Waals surface area contributed by atoms with E-state index in [4.69, 9.17) is 0 Å². The Labute approximate surface area is 101 Å². The standard InChI is InChI=1S/C15H16F2/c1-3-11-5-7-12(8-6-11)13-9-4-10(2)14(16)15(13)17/h3,5,7H,1,4,6,8-9H2,2H3. The second-order valence-electron chi connectivity index (χ2n) is 4.52. The molecular weight excluding hydrogens is 218 g/mol. The van der Waals surface area contributed by atoms with Gasteiger partial charge in [-0.1, -0.05) is 24.8 Å². The average Bonchev–Trinajstić information content (AvgIpc) is 2.36. The van der Waals surface area contributed by atoms with E-state index in [0.717, 1.165) is 24.0 Å². The first-order valence-electron chi connectivity index (χ1n) is 5.90. The molecule has 2 aliphatic carbocycles. The largest absolute Gasteiger partial charge is 0.204 e. The SMILES string of the molecule is C=CC1=CC=C(C2=C(F)C(F)=C(C)CC2)CC1. The van der Waals surface area contributed by atoms with Crippen molar-refractivity contribution in [1.29, 1.82) is 0 Å². The molecule has 0 aromatic rings. The zero-order valence-electron chi connectivity index (χ0n) is 10.0. The third kappa shape index (κ3) is 2.31. The molecule has 0 unspecified atom stereocenters. The highest BCUT2D eigenvalue weighted by Gasteiger charge is 2.22. The maximum absolute atomic E-state index is 13.8. The van der Waals surface area contributed by atoms with Gasteiger partial charge in [0.2, 0.25) is 0 Å². The Hall–Kier alpha value is -1.44. The summed E-state index contributed by atoms with van der Waals surface area (Å²) in [5, 5.41) is 0. The molecule has 0 aromatic carbocycles. The number of hydrogen-bond acceptors (Lipinski definition) is 0. The predicted molar refractivity (Wildman–Crippen MR) is 66.8 cm³/mol. The van der Waals surface area contributed by atoms with Crippen molar-refractivity contribution >= 4 is 0 Å². The number of halogens is 2. The van der Waals surface area contributed by atoms with E-state index >= 15 is 0 Å². The number of hydrogen-bond donors (Lipinski definition) is 0. The molecule has 0 saturated carbocycles. The van der Waals surface area contributed by atoms with Crippen LogP contribution in [0.25, 0.3) is 0 Å². The molecule has 2 rings (SSSR count). The van der Waals surface area contributed by atoms with Crippen LogP contribution >= 0.6 is 0 Å². The quantitative estimate of drug-likeness (QED) is 0.625. The van der Waals surface area contributed by atoms with Crippen molar-refractivity contribution in [3.05, 3.63) is 58.8 Å². The topological polar surface area (TPSA) is 0 Å². The van der Waals surface area contributed by atoms with Crippen LogP contribution in [0, 0.1) is 0 Å². The smallest absolute Gasteiger partial charge is 0.162 e. The van der Waals surface area contributed by atoms with E-state index in [0.29, 0.717) is 24.0 Å². The van der Waals surface area contributed by atoms with Crippen LogP contribution < -0.4 is 0 Å². The maximum Gasteiger partial charge on any atom is 0.162 e. The third-order valence-corrected chi connectivity index (χ3v) is 3.41. The van der Waals surface area contributed by atoms with Crippen LogP contribution in [0.5, 0.6) is 0 Å². The van der Waals surface area contributed by atoms with Crippen LogP contribution in [-0.2, 0) is 0 Å². The van der Waals surface area contributed by atoms with Gasteiger partial charge in [0.25, 0.3) is 0 Å². The van der Waals surface area contributed by atoms with Crippen molar-refractivity contribution in [2.75, 3.05) is 0 Å².